The van der Waals surface area contributed by atoms with Crippen molar-refractivity contribution in [1.82, 2.24) is 5.48 Å². The van der Waals surface area contributed by atoms with Gasteiger partial charge in [0.05, 0.1) is 23.8 Å². The number of carbonyl (C=O) groups is 1. The summed E-state index contributed by atoms with van der Waals surface area (Å²) in [6.07, 6.45) is 0. The van der Waals surface area contributed by atoms with Gasteiger partial charge in [-0.25, -0.2) is 5.48 Å². The minimum atomic E-state index is -0.449. The van der Waals surface area contributed by atoms with Crippen molar-refractivity contribution < 1.29 is 14.7 Å². The number of carbonyl (C=O) groups excluding carboxylic acids is 1. The molecular formula is C9H9BrClNO3. The smallest absolute Gasteiger partial charge is 0.276 e. The van der Waals surface area contributed by atoms with E-state index in [1.54, 1.807) is 18.2 Å². The molecule has 1 aromatic rings. The van der Waals surface area contributed by atoms with Crippen LogP contribution in [0.3, 0.4) is 0 Å². The SMILES string of the molecule is O=C(NOCCO)c1cccc(Br)c1Cl. The van der Waals surface area contributed by atoms with Gasteiger partial charge >= 0.3 is 0 Å². The molecule has 15 heavy (non-hydrogen) atoms. The van der Waals surface area contributed by atoms with E-state index in [0.29, 0.717) is 15.1 Å². The Balaban J connectivity index is 2.69. The number of halogens is 2. The van der Waals surface area contributed by atoms with Crippen LogP contribution in [0.15, 0.2) is 22.7 Å². The molecule has 0 aliphatic heterocycles. The van der Waals surface area contributed by atoms with Gasteiger partial charge in [-0.3, -0.25) is 9.63 Å². The molecular weight excluding hydrogens is 285 g/mol. The molecule has 0 unspecified atom stereocenters. The minimum Gasteiger partial charge on any atom is -0.394 e. The van der Waals surface area contributed by atoms with Crippen molar-refractivity contribution in [3.05, 3.63) is 33.3 Å². The molecule has 1 amide bonds. The van der Waals surface area contributed by atoms with Gasteiger partial charge in [0, 0.05) is 4.47 Å². The number of hydrogen-bond donors (Lipinski definition) is 2. The molecule has 2 N–H and O–H groups in total. The Morgan fingerprint density at radius 3 is 3.00 bits per heavy atom. The molecule has 0 fully saturated rings. The van der Waals surface area contributed by atoms with Gasteiger partial charge in [0.1, 0.15) is 0 Å². The lowest BCUT2D eigenvalue weighted by molar-refractivity contribution is 0.0168. The standard InChI is InChI=1S/C9H9BrClNO3/c10-7-3-1-2-6(8(7)11)9(14)12-15-5-4-13/h1-3,13H,4-5H2,(H,12,14). The van der Waals surface area contributed by atoms with Gasteiger partial charge in [-0.15, -0.1) is 0 Å². The Morgan fingerprint density at radius 2 is 2.33 bits per heavy atom. The summed E-state index contributed by atoms with van der Waals surface area (Å²) < 4.78 is 0.638. The second-order valence-electron chi connectivity index (χ2n) is 2.60. The lowest BCUT2D eigenvalue weighted by Crippen LogP contribution is -2.25. The van der Waals surface area contributed by atoms with Crippen LogP contribution in [0.5, 0.6) is 0 Å². The number of hydrogen-bond acceptors (Lipinski definition) is 3. The summed E-state index contributed by atoms with van der Waals surface area (Å²) >= 11 is 9.09. The van der Waals surface area contributed by atoms with E-state index in [-0.39, 0.29) is 13.2 Å². The maximum absolute atomic E-state index is 11.5. The molecule has 0 heterocycles. The van der Waals surface area contributed by atoms with Gasteiger partial charge in [0.25, 0.3) is 5.91 Å². The molecule has 0 saturated carbocycles. The highest BCUT2D eigenvalue weighted by Gasteiger charge is 2.11. The van der Waals surface area contributed by atoms with Crippen LogP contribution >= 0.6 is 27.5 Å². The monoisotopic (exact) mass is 293 g/mol. The van der Waals surface area contributed by atoms with Crippen LogP contribution in [-0.4, -0.2) is 24.2 Å². The number of aliphatic hydroxyl groups is 1. The number of amides is 1. The van der Waals surface area contributed by atoms with Gasteiger partial charge in [0.15, 0.2) is 0 Å². The Kier molecular flexibility index (Phi) is 5.04. The van der Waals surface area contributed by atoms with E-state index in [9.17, 15) is 4.79 Å². The first kappa shape index (κ1) is 12.4. The first-order valence-corrected chi connectivity index (χ1v) is 5.31. The predicted octanol–water partition coefficient (Wildman–Crippen LogP) is 1.76. The van der Waals surface area contributed by atoms with Gasteiger partial charge in [-0.2, -0.15) is 0 Å². The highest BCUT2D eigenvalue weighted by molar-refractivity contribution is 9.10. The largest absolute Gasteiger partial charge is 0.394 e. The normalized spacial score (nSPS) is 10.1. The van der Waals surface area contributed by atoms with Crippen molar-refractivity contribution in [2.45, 2.75) is 0 Å². The van der Waals surface area contributed by atoms with E-state index in [2.05, 4.69) is 26.2 Å². The molecule has 1 aromatic carbocycles. The number of nitrogens with one attached hydrogen (secondary N) is 1. The van der Waals surface area contributed by atoms with Gasteiger partial charge in [0.2, 0.25) is 0 Å². The Bertz CT molecular complexity index is 359. The van der Waals surface area contributed by atoms with E-state index in [1.807, 2.05) is 0 Å². The average molecular weight is 295 g/mol. The molecule has 0 spiro atoms. The van der Waals surface area contributed by atoms with Gasteiger partial charge < -0.3 is 5.11 Å². The molecule has 0 bridgehead atoms. The van der Waals surface area contributed by atoms with Crippen LogP contribution in [0.25, 0.3) is 0 Å². The third kappa shape index (κ3) is 3.46. The summed E-state index contributed by atoms with van der Waals surface area (Å²) in [5, 5.41) is 8.76. The molecule has 0 aromatic heterocycles. The lowest BCUT2D eigenvalue weighted by Gasteiger charge is -2.06. The summed E-state index contributed by atoms with van der Waals surface area (Å²) in [6, 6.07) is 5.00. The van der Waals surface area contributed by atoms with Crippen LogP contribution < -0.4 is 5.48 Å². The number of hydroxylamine groups is 1. The first-order chi connectivity index (χ1) is 7.16. The minimum absolute atomic E-state index is 0.0390. The van der Waals surface area contributed by atoms with Crippen molar-refractivity contribution in [1.29, 1.82) is 0 Å². The Hall–Kier alpha value is -0.620. The van der Waals surface area contributed by atoms with E-state index in [4.69, 9.17) is 16.7 Å². The lowest BCUT2D eigenvalue weighted by atomic mass is 10.2. The van der Waals surface area contributed by atoms with Crippen LogP contribution in [0, 0.1) is 0 Å². The van der Waals surface area contributed by atoms with Crippen LogP contribution in [0.2, 0.25) is 5.02 Å². The summed E-state index contributed by atoms with van der Waals surface area (Å²) in [6.45, 7) is -0.121. The van der Waals surface area contributed by atoms with Crippen molar-refractivity contribution in [2.75, 3.05) is 13.2 Å². The molecule has 6 heteroatoms. The molecule has 1 rings (SSSR count). The molecule has 0 aliphatic rings. The number of rotatable bonds is 4. The molecule has 0 saturated heterocycles. The maximum atomic E-state index is 11.5. The molecule has 0 atom stereocenters. The van der Waals surface area contributed by atoms with Crippen LogP contribution in [0.4, 0.5) is 0 Å². The summed E-state index contributed by atoms with van der Waals surface area (Å²) in [4.78, 5) is 16.1. The van der Waals surface area contributed by atoms with Crippen molar-refractivity contribution >= 4 is 33.4 Å². The van der Waals surface area contributed by atoms with E-state index < -0.39 is 5.91 Å². The fraction of sp³-hybridized carbons (Fsp3) is 0.222. The Labute approximate surface area is 100 Å². The maximum Gasteiger partial charge on any atom is 0.276 e. The zero-order valence-electron chi connectivity index (χ0n) is 7.67. The molecule has 0 radical (unpaired) electrons. The molecule has 4 nitrogen and oxygen atoms in total. The number of aliphatic hydroxyl groups excluding tert-OH is 1. The fourth-order valence-electron chi connectivity index (χ4n) is 0.896. The highest BCUT2D eigenvalue weighted by atomic mass is 79.9. The van der Waals surface area contributed by atoms with E-state index in [1.165, 1.54) is 0 Å². The molecule has 82 valence electrons. The second kappa shape index (κ2) is 6.07. The van der Waals surface area contributed by atoms with E-state index >= 15 is 0 Å². The van der Waals surface area contributed by atoms with Crippen LogP contribution in [-0.2, 0) is 4.84 Å². The van der Waals surface area contributed by atoms with Crippen molar-refractivity contribution in [3.8, 4) is 0 Å². The summed E-state index contributed by atoms with van der Waals surface area (Å²) in [5.74, 6) is -0.449. The van der Waals surface area contributed by atoms with E-state index in [0.717, 1.165) is 0 Å². The summed E-state index contributed by atoms with van der Waals surface area (Å²) in [5.41, 5.74) is 2.47. The number of benzene rings is 1. The van der Waals surface area contributed by atoms with Crippen molar-refractivity contribution in [2.24, 2.45) is 0 Å². The average Bonchev–Trinajstić information content (AvgIpc) is 2.22. The van der Waals surface area contributed by atoms with Gasteiger partial charge in [-0.1, -0.05) is 17.7 Å². The van der Waals surface area contributed by atoms with Crippen LogP contribution in [0.1, 0.15) is 10.4 Å². The topological polar surface area (TPSA) is 58.6 Å². The second-order valence-corrected chi connectivity index (χ2v) is 3.84. The molecule has 0 aliphatic carbocycles. The zero-order valence-corrected chi connectivity index (χ0v) is 10.0. The zero-order chi connectivity index (χ0) is 11.3. The predicted molar refractivity (Wildman–Crippen MR) is 59.7 cm³/mol. The summed E-state index contributed by atoms with van der Waals surface area (Å²) in [7, 11) is 0. The third-order valence-corrected chi connectivity index (χ3v) is 2.85. The van der Waals surface area contributed by atoms with Gasteiger partial charge in [-0.05, 0) is 28.1 Å². The first-order valence-electron chi connectivity index (χ1n) is 4.14. The third-order valence-electron chi connectivity index (χ3n) is 1.55. The Morgan fingerprint density at radius 1 is 1.60 bits per heavy atom. The highest BCUT2D eigenvalue weighted by Crippen LogP contribution is 2.25. The van der Waals surface area contributed by atoms with Crippen molar-refractivity contribution in [3.63, 3.8) is 0 Å². The fourth-order valence-corrected chi connectivity index (χ4v) is 1.47. The quantitative estimate of drug-likeness (QED) is 0.657.